The smallest absolute Gasteiger partial charge is 0.242 e. The number of anilines is 2. The van der Waals surface area contributed by atoms with E-state index < -0.39 is 0 Å². The zero-order chi connectivity index (χ0) is 25.4. The molecule has 37 heavy (non-hydrogen) atoms. The minimum absolute atomic E-state index is 0.109. The topological polar surface area (TPSA) is 66.7 Å². The SMILES string of the molecule is COc1ccc(N2CCc3cccc(N4CCN(C(=O)Cn5cnc6cccnc65)[C@H](C)C4)c3C2)cc1. The molecule has 0 bridgehead atoms. The average Bonchev–Trinajstić information content (AvgIpc) is 3.35. The summed E-state index contributed by atoms with van der Waals surface area (Å²) in [6, 6.07) is 18.9. The number of aromatic nitrogens is 3. The van der Waals surface area contributed by atoms with Gasteiger partial charge in [-0.25, -0.2) is 9.97 Å². The molecule has 8 nitrogen and oxygen atoms in total. The highest BCUT2D eigenvalue weighted by Gasteiger charge is 2.30. The molecule has 4 aromatic rings. The second kappa shape index (κ2) is 9.76. The Balaban J connectivity index is 1.16. The molecule has 2 aromatic heterocycles. The standard InChI is InChI=1S/C29H32N6O2/c1-21-17-33(15-16-35(21)28(36)19-34-20-31-26-6-4-13-30-29(26)34)27-7-3-5-22-12-14-32(18-25(22)27)23-8-10-24(37-2)11-9-23/h3-11,13,20-21H,12,14-19H2,1-2H3/t21-/m1/s1. The van der Waals surface area contributed by atoms with Crippen molar-refractivity contribution in [3.63, 3.8) is 0 Å². The lowest BCUT2D eigenvalue weighted by Gasteiger charge is -2.43. The highest BCUT2D eigenvalue weighted by molar-refractivity contribution is 5.79. The van der Waals surface area contributed by atoms with Crippen molar-refractivity contribution in [2.24, 2.45) is 0 Å². The van der Waals surface area contributed by atoms with E-state index in [1.54, 1.807) is 19.6 Å². The van der Waals surface area contributed by atoms with Crippen LogP contribution in [0.25, 0.3) is 11.2 Å². The molecule has 1 amide bonds. The number of ether oxygens (including phenoxy) is 1. The summed E-state index contributed by atoms with van der Waals surface area (Å²) >= 11 is 0. The Bertz CT molecular complexity index is 1420. The third-order valence-corrected chi connectivity index (χ3v) is 7.65. The van der Waals surface area contributed by atoms with E-state index in [2.05, 4.69) is 57.0 Å². The van der Waals surface area contributed by atoms with Crippen molar-refractivity contribution in [1.82, 2.24) is 19.4 Å². The summed E-state index contributed by atoms with van der Waals surface area (Å²) in [6.45, 7) is 6.62. The van der Waals surface area contributed by atoms with E-state index in [0.717, 1.165) is 49.5 Å². The number of pyridine rings is 1. The quantitative estimate of drug-likeness (QED) is 0.419. The third-order valence-electron chi connectivity index (χ3n) is 7.65. The van der Waals surface area contributed by atoms with Crippen LogP contribution in [0.2, 0.25) is 0 Å². The molecule has 0 aliphatic carbocycles. The normalized spacial score (nSPS) is 17.7. The third kappa shape index (κ3) is 4.48. The van der Waals surface area contributed by atoms with Gasteiger partial charge in [0.2, 0.25) is 5.91 Å². The van der Waals surface area contributed by atoms with Crippen LogP contribution >= 0.6 is 0 Å². The Morgan fingerprint density at radius 1 is 1.00 bits per heavy atom. The number of carbonyl (C=O) groups is 1. The van der Waals surface area contributed by atoms with Gasteiger partial charge in [0.1, 0.15) is 17.8 Å². The molecule has 1 fully saturated rings. The van der Waals surface area contributed by atoms with Gasteiger partial charge in [0, 0.05) is 56.3 Å². The van der Waals surface area contributed by atoms with Crippen molar-refractivity contribution in [3.05, 3.63) is 78.2 Å². The second-order valence-corrected chi connectivity index (χ2v) is 9.89. The average molecular weight is 497 g/mol. The van der Waals surface area contributed by atoms with Gasteiger partial charge in [0.25, 0.3) is 0 Å². The summed E-state index contributed by atoms with van der Waals surface area (Å²) in [6.07, 6.45) is 4.47. The number of hydrogen-bond acceptors (Lipinski definition) is 6. The summed E-state index contributed by atoms with van der Waals surface area (Å²) in [5.41, 5.74) is 6.89. The van der Waals surface area contributed by atoms with Crippen LogP contribution in [0.5, 0.6) is 5.75 Å². The van der Waals surface area contributed by atoms with Crippen molar-refractivity contribution in [1.29, 1.82) is 0 Å². The monoisotopic (exact) mass is 496 g/mol. The first-order chi connectivity index (χ1) is 18.1. The van der Waals surface area contributed by atoms with E-state index in [1.807, 2.05) is 33.7 Å². The number of rotatable bonds is 5. The van der Waals surface area contributed by atoms with Crippen LogP contribution in [0.1, 0.15) is 18.1 Å². The number of nitrogens with zero attached hydrogens (tertiary/aromatic N) is 6. The summed E-state index contributed by atoms with van der Waals surface area (Å²) in [4.78, 5) is 28.9. The van der Waals surface area contributed by atoms with Gasteiger partial charge in [-0.3, -0.25) is 4.79 Å². The Kier molecular flexibility index (Phi) is 6.16. The molecular weight excluding hydrogens is 464 g/mol. The van der Waals surface area contributed by atoms with Crippen LogP contribution in [0.4, 0.5) is 11.4 Å². The van der Waals surface area contributed by atoms with Crippen molar-refractivity contribution >= 4 is 28.4 Å². The lowest BCUT2D eigenvalue weighted by atomic mass is 9.96. The maximum Gasteiger partial charge on any atom is 0.242 e. The van der Waals surface area contributed by atoms with E-state index in [0.29, 0.717) is 6.54 Å². The fraction of sp³-hybridized carbons (Fsp3) is 0.345. The van der Waals surface area contributed by atoms with E-state index in [-0.39, 0.29) is 18.5 Å². The molecular formula is C29H32N6O2. The molecule has 0 spiro atoms. The van der Waals surface area contributed by atoms with Crippen LogP contribution in [-0.2, 0) is 24.3 Å². The molecule has 1 saturated heterocycles. The van der Waals surface area contributed by atoms with Gasteiger partial charge in [0.15, 0.2) is 5.65 Å². The maximum atomic E-state index is 13.3. The minimum atomic E-state index is 0.109. The van der Waals surface area contributed by atoms with Gasteiger partial charge >= 0.3 is 0 Å². The zero-order valence-corrected chi connectivity index (χ0v) is 21.4. The van der Waals surface area contributed by atoms with Gasteiger partial charge in [-0.05, 0) is 66.9 Å². The van der Waals surface area contributed by atoms with Crippen molar-refractivity contribution < 1.29 is 9.53 Å². The molecule has 2 aliphatic rings. The lowest BCUT2D eigenvalue weighted by Crippen LogP contribution is -2.55. The lowest BCUT2D eigenvalue weighted by molar-refractivity contribution is -0.134. The Hall–Kier alpha value is -4.07. The number of piperazine rings is 1. The Morgan fingerprint density at radius 3 is 2.68 bits per heavy atom. The summed E-state index contributed by atoms with van der Waals surface area (Å²) in [5, 5.41) is 0. The van der Waals surface area contributed by atoms with Crippen molar-refractivity contribution in [2.75, 3.05) is 43.1 Å². The summed E-state index contributed by atoms with van der Waals surface area (Å²) in [7, 11) is 1.70. The molecule has 2 aliphatic heterocycles. The molecule has 8 heteroatoms. The Morgan fingerprint density at radius 2 is 1.86 bits per heavy atom. The van der Waals surface area contributed by atoms with Crippen LogP contribution in [0.3, 0.4) is 0 Å². The summed E-state index contributed by atoms with van der Waals surface area (Å²) in [5.74, 6) is 0.985. The van der Waals surface area contributed by atoms with Crippen LogP contribution in [0, 0.1) is 0 Å². The molecule has 6 rings (SSSR count). The van der Waals surface area contributed by atoms with Gasteiger partial charge in [-0.1, -0.05) is 12.1 Å². The van der Waals surface area contributed by atoms with E-state index in [9.17, 15) is 4.79 Å². The van der Waals surface area contributed by atoms with Gasteiger partial charge in [-0.2, -0.15) is 0 Å². The highest BCUT2D eigenvalue weighted by atomic mass is 16.5. The largest absolute Gasteiger partial charge is 0.497 e. The predicted molar refractivity (Wildman–Crippen MR) is 145 cm³/mol. The van der Waals surface area contributed by atoms with Crippen molar-refractivity contribution in [3.8, 4) is 5.75 Å². The van der Waals surface area contributed by atoms with Crippen LogP contribution in [-0.4, -0.2) is 64.7 Å². The number of carbonyl (C=O) groups excluding carboxylic acids is 1. The number of amides is 1. The number of benzene rings is 2. The van der Waals surface area contributed by atoms with E-state index in [4.69, 9.17) is 4.74 Å². The highest BCUT2D eigenvalue weighted by Crippen LogP contribution is 2.33. The predicted octanol–water partition coefficient (Wildman–Crippen LogP) is 3.74. The van der Waals surface area contributed by atoms with Crippen molar-refractivity contribution in [2.45, 2.75) is 32.5 Å². The maximum absolute atomic E-state index is 13.3. The van der Waals surface area contributed by atoms with E-state index in [1.165, 1.54) is 22.5 Å². The zero-order valence-electron chi connectivity index (χ0n) is 21.4. The van der Waals surface area contributed by atoms with Crippen LogP contribution < -0.4 is 14.5 Å². The fourth-order valence-corrected chi connectivity index (χ4v) is 5.67. The molecule has 0 saturated carbocycles. The minimum Gasteiger partial charge on any atom is -0.497 e. The molecule has 4 heterocycles. The first-order valence-corrected chi connectivity index (χ1v) is 12.9. The van der Waals surface area contributed by atoms with Gasteiger partial charge in [0.05, 0.1) is 13.4 Å². The first-order valence-electron chi connectivity index (χ1n) is 12.9. The molecule has 0 N–H and O–H groups in total. The van der Waals surface area contributed by atoms with E-state index >= 15 is 0 Å². The first kappa shape index (κ1) is 23.3. The Labute approximate surface area is 217 Å². The fourth-order valence-electron chi connectivity index (χ4n) is 5.67. The van der Waals surface area contributed by atoms with Crippen LogP contribution in [0.15, 0.2) is 67.1 Å². The van der Waals surface area contributed by atoms with Gasteiger partial charge < -0.3 is 24.0 Å². The number of fused-ring (bicyclic) bond motifs is 2. The van der Waals surface area contributed by atoms with Gasteiger partial charge in [-0.15, -0.1) is 0 Å². The molecule has 1 atom stereocenters. The summed E-state index contributed by atoms with van der Waals surface area (Å²) < 4.78 is 7.18. The number of methoxy groups -OCH3 is 1. The molecule has 0 radical (unpaired) electrons. The second-order valence-electron chi connectivity index (χ2n) is 9.89. The molecule has 2 aromatic carbocycles. The molecule has 190 valence electrons. The number of hydrogen-bond donors (Lipinski definition) is 0. The molecule has 0 unspecified atom stereocenters. The number of imidazole rings is 1.